The third-order valence-corrected chi connectivity index (χ3v) is 5.47. The average molecular weight is 400 g/mol. The highest BCUT2D eigenvalue weighted by Crippen LogP contribution is 2.23. The molecule has 0 saturated heterocycles. The Morgan fingerprint density at radius 2 is 1.79 bits per heavy atom. The van der Waals surface area contributed by atoms with Gasteiger partial charge in [-0.05, 0) is 48.5 Å². The predicted octanol–water partition coefficient (Wildman–Crippen LogP) is 3.36. The van der Waals surface area contributed by atoms with E-state index in [4.69, 9.17) is 9.15 Å². The smallest absolute Gasteiger partial charge is 0.261 e. The lowest BCUT2D eigenvalue weighted by molar-refractivity contribution is 0.0776. The van der Waals surface area contributed by atoms with Crippen LogP contribution in [-0.2, 0) is 16.6 Å². The average Bonchev–Trinajstić information content (AvgIpc) is 3.20. The molecule has 0 saturated carbocycles. The summed E-state index contributed by atoms with van der Waals surface area (Å²) in [7, 11) is -0.737. The number of para-hydroxylation sites is 1. The highest BCUT2D eigenvalue weighted by molar-refractivity contribution is 7.92. The molecule has 0 radical (unpaired) electrons. The van der Waals surface area contributed by atoms with E-state index in [9.17, 15) is 13.2 Å². The van der Waals surface area contributed by atoms with E-state index >= 15 is 0 Å². The Morgan fingerprint density at radius 3 is 2.43 bits per heavy atom. The molecule has 1 amide bonds. The molecule has 7 nitrogen and oxygen atoms in total. The van der Waals surface area contributed by atoms with Gasteiger partial charge in [-0.25, -0.2) is 8.42 Å². The summed E-state index contributed by atoms with van der Waals surface area (Å²) < 4.78 is 38.2. The Kier molecular flexibility index (Phi) is 5.70. The summed E-state index contributed by atoms with van der Waals surface area (Å²) in [6.07, 6.45) is 1.53. The topological polar surface area (TPSA) is 88.8 Å². The van der Waals surface area contributed by atoms with Gasteiger partial charge in [-0.1, -0.05) is 12.1 Å². The lowest BCUT2D eigenvalue weighted by atomic mass is 10.1. The number of methoxy groups -OCH3 is 1. The fourth-order valence-electron chi connectivity index (χ4n) is 2.63. The first-order valence-electron chi connectivity index (χ1n) is 8.44. The summed E-state index contributed by atoms with van der Waals surface area (Å²) in [5.41, 5.74) is 0.447. The van der Waals surface area contributed by atoms with Crippen LogP contribution in [0, 0.1) is 0 Å². The molecule has 1 N–H and O–H groups in total. The molecule has 0 bridgehead atoms. The Morgan fingerprint density at radius 1 is 1.07 bits per heavy atom. The largest absolute Gasteiger partial charge is 0.497 e. The van der Waals surface area contributed by atoms with Gasteiger partial charge in [0.1, 0.15) is 11.5 Å². The number of nitrogens with zero attached hydrogens (tertiary/aromatic N) is 1. The summed E-state index contributed by atoms with van der Waals surface area (Å²) in [6.45, 7) is 0.269. The van der Waals surface area contributed by atoms with Gasteiger partial charge in [0.05, 0.1) is 36.1 Å². The van der Waals surface area contributed by atoms with Gasteiger partial charge in [-0.3, -0.25) is 9.52 Å². The van der Waals surface area contributed by atoms with Crippen molar-refractivity contribution in [1.29, 1.82) is 0 Å². The fourth-order valence-corrected chi connectivity index (χ4v) is 3.71. The predicted molar refractivity (Wildman–Crippen MR) is 105 cm³/mol. The zero-order valence-corrected chi connectivity index (χ0v) is 16.3. The number of carbonyl (C=O) groups excluding carboxylic acids is 1. The van der Waals surface area contributed by atoms with Crippen molar-refractivity contribution in [3.05, 3.63) is 78.3 Å². The number of nitrogens with one attached hydrogen (secondary N) is 1. The molecule has 28 heavy (non-hydrogen) atoms. The van der Waals surface area contributed by atoms with Crippen molar-refractivity contribution in [1.82, 2.24) is 4.90 Å². The standard InChI is InChI=1S/C20H20N2O5S/c1-22(14-16-6-5-13-27-16)20(23)18-7-3-4-8-19(18)21-28(24,25)17-11-9-15(26-2)10-12-17/h3-13,21H,14H2,1-2H3. The summed E-state index contributed by atoms with van der Waals surface area (Å²) >= 11 is 0. The minimum absolute atomic E-state index is 0.0690. The van der Waals surface area contributed by atoms with E-state index in [0.29, 0.717) is 11.5 Å². The van der Waals surface area contributed by atoms with Gasteiger partial charge in [0.15, 0.2) is 0 Å². The van der Waals surface area contributed by atoms with Crippen LogP contribution in [0.2, 0.25) is 0 Å². The molecule has 0 atom stereocenters. The maximum atomic E-state index is 12.8. The number of ether oxygens (including phenoxy) is 1. The van der Waals surface area contributed by atoms with E-state index in [2.05, 4.69) is 4.72 Å². The number of sulfonamides is 1. The Balaban J connectivity index is 1.83. The number of carbonyl (C=O) groups is 1. The highest BCUT2D eigenvalue weighted by atomic mass is 32.2. The zero-order valence-electron chi connectivity index (χ0n) is 15.5. The van der Waals surface area contributed by atoms with Crippen LogP contribution >= 0.6 is 0 Å². The molecular weight excluding hydrogens is 380 g/mol. The summed E-state index contributed by atoms with van der Waals surface area (Å²) in [4.78, 5) is 14.4. The number of anilines is 1. The number of hydrogen-bond acceptors (Lipinski definition) is 5. The molecule has 3 aromatic rings. The zero-order chi connectivity index (χ0) is 20.1. The number of furan rings is 1. The fraction of sp³-hybridized carbons (Fsp3) is 0.150. The summed E-state index contributed by atoms with van der Waals surface area (Å²) in [6, 6.07) is 16.0. The normalized spacial score (nSPS) is 11.1. The monoisotopic (exact) mass is 400 g/mol. The Labute approximate surface area is 163 Å². The minimum atomic E-state index is -3.86. The van der Waals surface area contributed by atoms with Gasteiger partial charge in [0, 0.05) is 7.05 Å². The highest BCUT2D eigenvalue weighted by Gasteiger charge is 2.21. The first-order chi connectivity index (χ1) is 13.4. The molecule has 3 rings (SSSR count). The van der Waals surface area contributed by atoms with Gasteiger partial charge in [-0.15, -0.1) is 0 Å². The lowest BCUT2D eigenvalue weighted by Crippen LogP contribution is -2.27. The Hall–Kier alpha value is -3.26. The van der Waals surface area contributed by atoms with Gasteiger partial charge < -0.3 is 14.1 Å². The van der Waals surface area contributed by atoms with Gasteiger partial charge >= 0.3 is 0 Å². The second-order valence-corrected chi connectivity index (χ2v) is 7.75. The first kappa shape index (κ1) is 19.5. The van der Waals surface area contributed by atoms with Crippen LogP contribution in [0.3, 0.4) is 0 Å². The Bertz CT molecular complexity index is 1040. The van der Waals surface area contributed by atoms with E-state index in [1.54, 1.807) is 55.6 Å². The van der Waals surface area contributed by atoms with Crippen molar-refractivity contribution in [3.8, 4) is 5.75 Å². The number of amides is 1. The van der Waals surface area contributed by atoms with Crippen molar-refractivity contribution in [2.45, 2.75) is 11.4 Å². The molecule has 1 heterocycles. The SMILES string of the molecule is COc1ccc(S(=O)(=O)Nc2ccccc2C(=O)N(C)Cc2ccco2)cc1. The molecule has 146 valence electrons. The molecule has 2 aromatic carbocycles. The van der Waals surface area contributed by atoms with Crippen LogP contribution in [0.25, 0.3) is 0 Å². The van der Waals surface area contributed by atoms with Crippen LogP contribution in [-0.4, -0.2) is 33.4 Å². The van der Waals surface area contributed by atoms with Crippen LogP contribution in [0.4, 0.5) is 5.69 Å². The molecule has 8 heteroatoms. The molecule has 0 aliphatic rings. The van der Waals surface area contributed by atoms with E-state index in [-0.39, 0.29) is 28.6 Å². The van der Waals surface area contributed by atoms with E-state index < -0.39 is 10.0 Å². The van der Waals surface area contributed by atoms with Crippen molar-refractivity contribution in [3.63, 3.8) is 0 Å². The van der Waals surface area contributed by atoms with Gasteiger partial charge in [0.2, 0.25) is 0 Å². The molecule has 0 spiro atoms. The number of benzene rings is 2. The first-order valence-corrected chi connectivity index (χ1v) is 9.93. The van der Waals surface area contributed by atoms with Crippen molar-refractivity contribution in [2.24, 2.45) is 0 Å². The number of rotatable bonds is 7. The number of hydrogen-bond donors (Lipinski definition) is 1. The molecule has 0 unspecified atom stereocenters. The van der Waals surface area contributed by atoms with Crippen molar-refractivity contribution in [2.75, 3.05) is 18.9 Å². The minimum Gasteiger partial charge on any atom is -0.497 e. The second-order valence-electron chi connectivity index (χ2n) is 6.07. The van der Waals surface area contributed by atoms with Crippen molar-refractivity contribution < 1.29 is 22.4 Å². The van der Waals surface area contributed by atoms with Gasteiger partial charge in [-0.2, -0.15) is 0 Å². The molecular formula is C20H20N2O5S. The second kappa shape index (κ2) is 8.18. The maximum Gasteiger partial charge on any atom is 0.261 e. The van der Waals surface area contributed by atoms with E-state index in [0.717, 1.165) is 0 Å². The third kappa shape index (κ3) is 4.34. The lowest BCUT2D eigenvalue weighted by Gasteiger charge is -2.18. The molecule has 1 aromatic heterocycles. The molecule has 0 aliphatic carbocycles. The van der Waals surface area contributed by atoms with Gasteiger partial charge in [0.25, 0.3) is 15.9 Å². The van der Waals surface area contributed by atoms with Crippen LogP contribution in [0.15, 0.2) is 76.2 Å². The molecule has 0 fully saturated rings. The molecule has 0 aliphatic heterocycles. The van der Waals surface area contributed by atoms with Crippen LogP contribution in [0.1, 0.15) is 16.1 Å². The summed E-state index contributed by atoms with van der Waals surface area (Å²) in [5, 5.41) is 0. The quantitative estimate of drug-likeness (QED) is 0.657. The third-order valence-electron chi connectivity index (χ3n) is 4.09. The maximum absolute atomic E-state index is 12.8. The van der Waals surface area contributed by atoms with Crippen LogP contribution < -0.4 is 9.46 Å². The van der Waals surface area contributed by atoms with E-state index in [1.165, 1.54) is 30.4 Å². The van der Waals surface area contributed by atoms with Crippen molar-refractivity contribution >= 4 is 21.6 Å². The van der Waals surface area contributed by atoms with E-state index in [1.807, 2.05) is 0 Å². The summed E-state index contributed by atoms with van der Waals surface area (Å²) in [5.74, 6) is 0.852. The van der Waals surface area contributed by atoms with Crippen LogP contribution in [0.5, 0.6) is 5.75 Å².